The van der Waals surface area contributed by atoms with E-state index < -0.39 is 0 Å². The summed E-state index contributed by atoms with van der Waals surface area (Å²) in [4.78, 5) is 25.9. The van der Waals surface area contributed by atoms with Crippen LogP contribution in [-0.2, 0) is 4.79 Å². The number of benzene rings is 1. The van der Waals surface area contributed by atoms with E-state index in [1.807, 2.05) is 50.4 Å². The molecule has 1 amide bonds. The Bertz CT molecular complexity index is 1220. The fourth-order valence-electron chi connectivity index (χ4n) is 2.87. The minimum Gasteiger partial charge on any atom is -0.355 e. The van der Waals surface area contributed by atoms with Crippen molar-refractivity contribution in [2.24, 2.45) is 0 Å². The maximum atomic E-state index is 12.5. The van der Waals surface area contributed by atoms with Gasteiger partial charge in [0, 0.05) is 24.0 Å². The fourth-order valence-corrected chi connectivity index (χ4v) is 4.33. The van der Waals surface area contributed by atoms with Gasteiger partial charge in [-0.15, -0.1) is 21.5 Å². The summed E-state index contributed by atoms with van der Waals surface area (Å²) >= 11 is 2.66. The smallest absolute Gasteiger partial charge is 0.261 e. The SMILES string of the molecule is CCNc1nc(NCC)n2c(SCC(=O)Nc3nc(-c4ccc(C)cc4)cs3)nnc2n1. The van der Waals surface area contributed by atoms with Crippen molar-refractivity contribution in [3.05, 3.63) is 35.2 Å². The third-order valence-electron chi connectivity index (χ3n) is 4.35. The quantitative estimate of drug-likeness (QED) is 0.316. The van der Waals surface area contributed by atoms with Crippen LogP contribution in [0, 0.1) is 6.92 Å². The predicted molar refractivity (Wildman–Crippen MR) is 129 cm³/mol. The summed E-state index contributed by atoms with van der Waals surface area (Å²) in [7, 11) is 0. The van der Waals surface area contributed by atoms with Crippen LogP contribution in [0.4, 0.5) is 17.0 Å². The van der Waals surface area contributed by atoms with Crippen molar-refractivity contribution >= 4 is 51.8 Å². The van der Waals surface area contributed by atoms with Crippen molar-refractivity contribution < 1.29 is 4.79 Å². The summed E-state index contributed by atoms with van der Waals surface area (Å²) in [5.74, 6) is 1.44. The first kappa shape index (κ1) is 22.0. The van der Waals surface area contributed by atoms with E-state index >= 15 is 0 Å². The molecule has 0 atom stereocenters. The zero-order valence-electron chi connectivity index (χ0n) is 17.9. The van der Waals surface area contributed by atoms with Gasteiger partial charge in [0.1, 0.15) is 0 Å². The molecule has 3 aromatic heterocycles. The third-order valence-corrected chi connectivity index (χ3v) is 6.03. The average Bonchev–Trinajstić information content (AvgIpc) is 3.40. The highest BCUT2D eigenvalue weighted by molar-refractivity contribution is 7.99. The van der Waals surface area contributed by atoms with Gasteiger partial charge in [-0.25, -0.2) is 9.38 Å². The molecule has 0 radical (unpaired) electrons. The summed E-state index contributed by atoms with van der Waals surface area (Å²) in [5.41, 5.74) is 3.05. The summed E-state index contributed by atoms with van der Waals surface area (Å²) in [6.07, 6.45) is 0. The molecule has 3 heterocycles. The van der Waals surface area contributed by atoms with Crippen LogP contribution >= 0.6 is 23.1 Å². The number of carbonyl (C=O) groups excluding carboxylic acids is 1. The van der Waals surface area contributed by atoms with Crippen LogP contribution in [0.15, 0.2) is 34.8 Å². The van der Waals surface area contributed by atoms with E-state index in [9.17, 15) is 4.79 Å². The van der Waals surface area contributed by atoms with Crippen molar-refractivity contribution in [1.29, 1.82) is 0 Å². The van der Waals surface area contributed by atoms with Gasteiger partial charge in [0.15, 0.2) is 10.3 Å². The molecule has 3 N–H and O–H groups in total. The van der Waals surface area contributed by atoms with Crippen molar-refractivity contribution in [3.63, 3.8) is 0 Å². The molecule has 0 aliphatic rings. The predicted octanol–water partition coefficient (Wildman–Crippen LogP) is 3.55. The number of fused-ring (bicyclic) bond motifs is 1. The maximum Gasteiger partial charge on any atom is 0.261 e. The number of aromatic nitrogens is 6. The molecule has 0 saturated carbocycles. The molecule has 4 aromatic rings. The van der Waals surface area contributed by atoms with Crippen LogP contribution in [0.5, 0.6) is 0 Å². The normalized spacial score (nSPS) is 11.0. The number of nitrogens with one attached hydrogen (secondary N) is 3. The molecular weight excluding hydrogens is 446 g/mol. The lowest BCUT2D eigenvalue weighted by Crippen LogP contribution is -2.15. The summed E-state index contributed by atoms with van der Waals surface area (Å²) in [6, 6.07) is 8.12. The first-order valence-corrected chi connectivity index (χ1v) is 12.0. The highest BCUT2D eigenvalue weighted by Crippen LogP contribution is 2.26. The Morgan fingerprint density at radius 1 is 1.06 bits per heavy atom. The summed E-state index contributed by atoms with van der Waals surface area (Å²) in [5, 5.41) is 20.5. The second-order valence-corrected chi connectivity index (χ2v) is 8.59. The molecule has 0 saturated heterocycles. The van der Waals surface area contributed by atoms with E-state index in [-0.39, 0.29) is 11.7 Å². The van der Waals surface area contributed by atoms with Crippen LogP contribution < -0.4 is 16.0 Å². The molecule has 0 fully saturated rings. The lowest BCUT2D eigenvalue weighted by Gasteiger charge is -2.09. The van der Waals surface area contributed by atoms with Gasteiger partial charge in [0.2, 0.25) is 17.8 Å². The van der Waals surface area contributed by atoms with Gasteiger partial charge in [-0.3, -0.25) is 4.79 Å². The molecule has 0 aliphatic heterocycles. The van der Waals surface area contributed by atoms with Crippen LogP contribution in [0.3, 0.4) is 0 Å². The number of hydrogen-bond acceptors (Lipinski definition) is 10. The molecule has 32 heavy (non-hydrogen) atoms. The van der Waals surface area contributed by atoms with Gasteiger partial charge in [-0.1, -0.05) is 41.6 Å². The largest absolute Gasteiger partial charge is 0.355 e. The Balaban J connectivity index is 1.43. The molecule has 0 unspecified atom stereocenters. The monoisotopic (exact) mass is 469 g/mol. The number of aryl methyl sites for hydroxylation is 1. The number of thiazole rings is 1. The zero-order chi connectivity index (χ0) is 22.5. The Labute approximate surface area is 193 Å². The number of amides is 1. The first-order valence-electron chi connectivity index (χ1n) is 10.1. The van der Waals surface area contributed by atoms with Gasteiger partial charge < -0.3 is 16.0 Å². The van der Waals surface area contributed by atoms with Crippen LogP contribution in [0.2, 0.25) is 0 Å². The molecule has 12 heteroatoms. The molecule has 4 rings (SSSR count). The second kappa shape index (κ2) is 9.92. The minimum atomic E-state index is -0.174. The van der Waals surface area contributed by atoms with E-state index in [2.05, 4.69) is 41.1 Å². The summed E-state index contributed by atoms with van der Waals surface area (Å²) in [6.45, 7) is 7.36. The van der Waals surface area contributed by atoms with Gasteiger partial charge in [0.05, 0.1) is 11.4 Å². The topological polar surface area (TPSA) is 122 Å². The van der Waals surface area contributed by atoms with E-state index in [1.54, 1.807) is 4.40 Å². The van der Waals surface area contributed by atoms with E-state index in [1.165, 1.54) is 28.7 Å². The molecule has 10 nitrogen and oxygen atoms in total. The molecule has 0 spiro atoms. The number of hydrogen-bond donors (Lipinski definition) is 3. The number of anilines is 3. The Hall–Kier alpha value is -3.25. The van der Waals surface area contributed by atoms with Crippen molar-refractivity contribution in [1.82, 2.24) is 29.5 Å². The Kier molecular flexibility index (Phi) is 6.81. The maximum absolute atomic E-state index is 12.5. The Morgan fingerprint density at radius 3 is 2.59 bits per heavy atom. The van der Waals surface area contributed by atoms with Crippen LogP contribution in [0.1, 0.15) is 19.4 Å². The van der Waals surface area contributed by atoms with Gasteiger partial charge >= 0.3 is 0 Å². The van der Waals surface area contributed by atoms with Gasteiger partial charge in [-0.05, 0) is 20.8 Å². The van der Waals surface area contributed by atoms with Crippen LogP contribution in [0.25, 0.3) is 17.0 Å². The highest BCUT2D eigenvalue weighted by atomic mass is 32.2. The standard InChI is InChI=1S/C20H23N9OS2/c1-4-21-16-25-17(22-5-2)29-18(26-16)27-28-20(29)32-11-15(30)24-19-23-14(10-31-19)13-8-6-12(3)7-9-13/h6-10H,4-5,11H2,1-3H3,(H,23,24,30)(H2,21,22,25,26,27). The van der Waals surface area contributed by atoms with Crippen molar-refractivity contribution in [2.45, 2.75) is 25.9 Å². The lowest BCUT2D eigenvalue weighted by atomic mass is 10.1. The number of rotatable bonds is 9. The molecule has 1 aromatic carbocycles. The average molecular weight is 470 g/mol. The van der Waals surface area contributed by atoms with Gasteiger partial charge in [-0.2, -0.15) is 9.97 Å². The second-order valence-electron chi connectivity index (χ2n) is 6.79. The molecular formula is C20H23N9OS2. The number of nitrogens with zero attached hydrogens (tertiary/aromatic N) is 6. The van der Waals surface area contributed by atoms with E-state index in [4.69, 9.17) is 0 Å². The van der Waals surface area contributed by atoms with E-state index in [0.717, 1.165) is 11.3 Å². The highest BCUT2D eigenvalue weighted by Gasteiger charge is 2.16. The zero-order valence-corrected chi connectivity index (χ0v) is 19.5. The molecule has 166 valence electrons. The van der Waals surface area contributed by atoms with E-state index in [0.29, 0.717) is 41.1 Å². The van der Waals surface area contributed by atoms with Crippen molar-refractivity contribution in [3.8, 4) is 11.3 Å². The minimum absolute atomic E-state index is 0.154. The van der Waals surface area contributed by atoms with Gasteiger partial charge in [0.25, 0.3) is 5.78 Å². The number of thioether (sulfide) groups is 1. The molecule has 0 bridgehead atoms. The number of carbonyl (C=O) groups is 1. The van der Waals surface area contributed by atoms with Crippen LogP contribution in [-0.4, -0.2) is 54.3 Å². The Morgan fingerprint density at radius 2 is 1.84 bits per heavy atom. The fraction of sp³-hybridized carbons (Fsp3) is 0.300. The third kappa shape index (κ3) is 4.97. The van der Waals surface area contributed by atoms with Crippen molar-refractivity contribution in [2.75, 3.05) is 34.8 Å². The lowest BCUT2D eigenvalue weighted by molar-refractivity contribution is -0.113. The molecule has 0 aliphatic carbocycles. The first-order chi connectivity index (χ1) is 15.6. The summed E-state index contributed by atoms with van der Waals surface area (Å²) < 4.78 is 1.71.